The Morgan fingerprint density at radius 3 is 2.36 bits per heavy atom. The highest BCUT2D eigenvalue weighted by molar-refractivity contribution is 9.09. The number of rotatable bonds is 0. The predicted octanol–water partition coefficient (Wildman–Crippen LogP) is 3.76. The van der Waals surface area contributed by atoms with Gasteiger partial charge in [0.15, 0.2) is 0 Å². The first-order chi connectivity index (χ1) is 5.00. The van der Waals surface area contributed by atoms with Crippen LogP contribution >= 0.6 is 15.9 Å². The molecule has 0 saturated heterocycles. The molecule has 1 rings (SSSR count). The quantitative estimate of drug-likeness (QED) is 0.428. The van der Waals surface area contributed by atoms with E-state index in [-0.39, 0.29) is 0 Å². The third-order valence-corrected chi connectivity index (χ3v) is 3.18. The van der Waals surface area contributed by atoms with E-state index in [1.54, 1.807) is 0 Å². The second-order valence-corrected chi connectivity index (χ2v) is 5.65. The van der Waals surface area contributed by atoms with Gasteiger partial charge in [-0.15, -0.1) is 0 Å². The van der Waals surface area contributed by atoms with Crippen molar-refractivity contribution in [3.05, 3.63) is 12.2 Å². The molecule has 0 N–H and O–H groups in total. The topological polar surface area (TPSA) is 0 Å². The molecular weight excluding hydrogens is 200 g/mol. The lowest BCUT2D eigenvalue weighted by molar-refractivity contribution is 0.226. The van der Waals surface area contributed by atoms with E-state index < -0.39 is 0 Å². The van der Waals surface area contributed by atoms with Crippen LogP contribution in [0.15, 0.2) is 12.2 Å². The molecule has 0 radical (unpaired) electrons. The second kappa shape index (κ2) is 3.30. The van der Waals surface area contributed by atoms with Crippen molar-refractivity contribution in [1.82, 2.24) is 0 Å². The van der Waals surface area contributed by atoms with E-state index in [1.807, 2.05) is 0 Å². The lowest BCUT2D eigenvalue weighted by Crippen LogP contribution is -2.24. The molecule has 0 fully saturated rings. The van der Waals surface area contributed by atoms with Gasteiger partial charge in [0.25, 0.3) is 0 Å². The fourth-order valence-electron chi connectivity index (χ4n) is 1.54. The normalized spacial score (nSPS) is 32.4. The Morgan fingerprint density at radius 2 is 2.00 bits per heavy atom. The summed E-state index contributed by atoms with van der Waals surface area (Å²) >= 11 is 3.63. The van der Waals surface area contributed by atoms with Gasteiger partial charge in [-0.2, -0.15) is 0 Å². The highest BCUT2D eigenvalue weighted by Gasteiger charge is 2.26. The first-order valence-electron chi connectivity index (χ1n) is 4.31. The van der Waals surface area contributed by atoms with Gasteiger partial charge in [-0.25, -0.2) is 0 Å². The lowest BCUT2D eigenvalue weighted by Gasteiger charge is -2.33. The summed E-state index contributed by atoms with van der Waals surface area (Å²) in [5.41, 5.74) is 0.469. The minimum absolute atomic E-state index is 0.469. The molecule has 0 aliphatic heterocycles. The molecule has 0 aromatic carbocycles. The maximum atomic E-state index is 3.63. The second-order valence-electron chi connectivity index (χ2n) is 4.48. The van der Waals surface area contributed by atoms with Crippen LogP contribution in [0.2, 0.25) is 0 Å². The third-order valence-electron chi connectivity index (χ3n) is 2.50. The lowest BCUT2D eigenvalue weighted by atomic mass is 9.74. The zero-order valence-electron chi connectivity index (χ0n) is 7.60. The summed E-state index contributed by atoms with van der Waals surface area (Å²) in [6, 6.07) is 0. The number of hydrogen-bond acceptors (Lipinski definition) is 0. The summed E-state index contributed by atoms with van der Waals surface area (Å²) in [5, 5.41) is 0. The highest BCUT2D eigenvalue weighted by atomic mass is 79.9. The van der Waals surface area contributed by atoms with Crippen molar-refractivity contribution in [3.63, 3.8) is 0 Å². The Balaban J connectivity index is 2.57. The SMILES string of the molecule is CC(C)(C)[C@@H]1CC=C[C@H](Br)C1. The molecule has 0 saturated carbocycles. The van der Waals surface area contributed by atoms with Crippen LogP contribution in [0, 0.1) is 11.3 Å². The van der Waals surface area contributed by atoms with Gasteiger partial charge in [-0.1, -0.05) is 48.9 Å². The van der Waals surface area contributed by atoms with Gasteiger partial charge in [0.1, 0.15) is 0 Å². The maximum Gasteiger partial charge on any atom is 0.0328 e. The summed E-state index contributed by atoms with van der Waals surface area (Å²) in [5.74, 6) is 0.844. The molecule has 11 heavy (non-hydrogen) atoms. The molecule has 0 aromatic rings. The van der Waals surface area contributed by atoms with Gasteiger partial charge in [-0.3, -0.25) is 0 Å². The Bertz CT molecular complexity index is 153. The molecule has 1 aliphatic carbocycles. The molecule has 0 aromatic heterocycles. The first-order valence-corrected chi connectivity index (χ1v) is 5.22. The number of hydrogen-bond donors (Lipinski definition) is 0. The van der Waals surface area contributed by atoms with Crippen molar-refractivity contribution in [2.24, 2.45) is 11.3 Å². The fraction of sp³-hybridized carbons (Fsp3) is 0.800. The summed E-state index contributed by atoms with van der Waals surface area (Å²) < 4.78 is 0. The van der Waals surface area contributed by atoms with E-state index in [0.29, 0.717) is 10.2 Å². The molecule has 1 heteroatoms. The molecular formula is C10H17Br. The van der Waals surface area contributed by atoms with Crippen LogP contribution in [-0.4, -0.2) is 4.83 Å². The van der Waals surface area contributed by atoms with Crippen LogP contribution in [0.5, 0.6) is 0 Å². The van der Waals surface area contributed by atoms with Crippen LogP contribution in [0.3, 0.4) is 0 Å². The molecule has 0 unspecified atom stereocenters. The highest BCUT2D eigenvalue weighted by Crippen LogP contribution is 2.36. The van der Waals surface area contributed by atoms with Crippen LogP contribution in [0.1, 0.15) is 33.6 Å². The van der Waals surface area contributed by atoms with Gasteiger partial charge in [0.05, 0.1) is 0 Å². The van der Waals surface area contributed by atoms with E-state index in [9.17, 15) is 0 Å². The molecule has 64 valence electrons. The van der Waals surface area contributed by atoms with E-state index in [2.05, 4.69) is 48.9 Å². The van der Waals surface area contributed by atoms with Crippen LogP contribution in [0.25, 0.3) is 0 Å². The zero-order chi connectivity index (χ0) is 8.48. The minimum atomic E-state index is 0.469. The van der Waals surface area contributed by atoms with Crippen LogP contribution in [-0.2, 0) is 0 Å². The van der Waals surface area contributed by atoms with Crippen LogP contribution in [0.4, 0.5) is 0 Å². The van der Waals surface area contributed by atoms with Crippen molar-refractivity contribution in [2.45, 2.75) is 38.4 Å². The standard InChI is InChI=1S/C10H17Br/c1-10(2,3)8-5-4-6-9(11)7-8/h4,6,8-9H,5,7H2,1-3H3/t8-,9+/m1/s1. The van der Waals surface area contributed by atoms with Crippen molar-refractivity contribution >= 4 is 15.9 Å². The van der Waals surface area contributed by atoms with Gasteiger partial charge in [0, 0.05) is 4.83 Å². The number of allylic oxidation sites excluding steroid dienone is 2. The largest absolute Gasteiger partial charge is 0.0871 e. The van der Waals surface area contributed by atoms with E-state index in [0.717, 1.165) is 5.92 Å². The molecule has 1 aliphatic rings. The zero-order valence-corrected chi connectivity index (χ0v) is 9.19. The Hall–Kier alpha value is 0.220. The molecule has 0 amide bonds. The van der Waals surface area contributed by atoms with Gasteiger partial charge >= 0.3 is 0 Å². The molecule has 0 bridgehead atoms. The first kappa shape index (κ1) is 9.31. The summed E-state index contributed by atoms with van der Waals surface area (Å²) in [4.78, 5) is 0.612. The molecule has 2 atom stereocenters. The van der Waals surface area contributed by atoms with Crippen molar-refractivity contribution < 1.29 is 0 Å². The minimum Gasteiger partial charge on any atom is -0.0871 e. The average Bonchev–Trinajstić information content (AvgIpc) is 1.86. The third kappa shape index (κ3) is 2.62. The van der Waals surface area contributed by atoms with E-state index >= 15 is 0 Å². The van der Waals surface area contributed by atoms with Crippen LogP contribution < -0.4 is 0 Å². The molecule has 0 heterocycles. The summed E-state index contributed by atoms with van der Waals surface area (Å²) in [6.07, 6.45) is 7.12. The van der Waals surface area contributed by atoms with E-state index in [1.165, 1.54) is 12.8 Å². The van der Waals surface area contributed by atoms with Gasteiger partial charge in [0.2, 0.25) is 0 Å². The molecule has 0 spiro atoms. The molecule has 0 nitrogen and oxygen atoms in total. The number of alkyl halides is 1. The Labute approximate surface area is 78.2 Å². The van der Waals surface area contributed by atoms with Gasteiger partial charge < -0.3 is 0 Å². The predicted molar refractivity (Wildman–Crippen MR) is 54.0 cm³/mol. The van der Waals surface area contributed by atoms with Crippen molar-refractivity contribution in [2.75, 3.05) is 0 Å². The van der Waals surface area contributed by atoms with Gasteiger partial charge in [-0.05, 0) is 24.2 Å². The maximum absolute atomic E-state index is 3.63. The Kier molecular flexibility index (Phi) is 2.79. The fourth-order valence-corrected chi connectivity index (χ4v) is 2.21. The monoisotopic (exact) mass is 216 g/mol. The summed E-state index contributed by atoms with van der Waals surface area (Å²) in [6.45, 7) is 6.99. The average molecular weight is 217 g/mol. The Morgan fingerprint density at radius 1 is 1.36 bits per heavy atom. The smallest absolute Gasteiger partial charge is 0.0328 e. The van der Waals surface area contributed by atoms with Crippen molar-refractivity contribution in [3.8, 4) is 0 Å². The van der Waals surface area contributed by atoms with E-state index in [4.69, 9.17) is 0 Å². The van der Waals surface area contributed by atoms with Crippen molar-refractivity contribution in [1.29, 1.82) is 0 Å². The number of halogens is 1. The summed E-state index contributed by atoms with van der Waals surface area (Å²) in [7, 11) is 0.